The van der Waals surface area contributed by atoms with Crippen molar-refractivity contribution in [2.24, 2.45) is 0 Å². The van der Waals surface area contributed by atoms with Crippen molar-refractivity contribution >= 4 is 29.0 Å². The average Bonchev–Trinajstić information content (AvgIpc) is 2.07. The molecule has 13 heavy (non-hydrogen) atoms. The van der Waals surface area contributed by atoms with E-state index in [-0.39, 0.29) is 29.0 Å². The molecule has 0 heterocycles. The van der Waals surface area contributed by atoms with Crippen LogP contribution in [-0.2, 0) is 4.79 Å². The SMILES string of the molecule is CCC(C(=O)O)c1ccccc1.[Mg+2]. The van der Waals surface area contributed by atoms with Gasteiger partial charge in [-0.25, -0.2) is 0 Å². The molecule has 0 radical (unpaired) electrons. The minimum absolute atomic E-state index is 0. The quantitative estimate of drug-likeness (QED) is 0.736. The number of carboxylic acid groups (broad SMARTS) is 1. The van der Waals surface area contributed by atoms with Crippen LogP contribution in [0.4, 0.5) is 0 Å². The predicted molar refractivity (Wildman–Crippen MR) is 52.9 cm³/mol. The molecular formula is C10H12MgO2+2. The summed E-state index contributed by atoms with van der Waals surface area (Å²) < 4.78 is 0. The third kappa shape index (κ3) is 3.36. The van der Waals surface area contributed by atoms with Crippen LogP contribution in [0.25, 0.3) is 0 Å². The first kappa shape index (κ1) is 12.5. The molecule has 1 N–H and O–H groups in total. The molecule has 0 aliphatic heterocycles. The van der Waals surface area contributed by atoms with Gasteiger partial charge in [-0.05, 0) is 12.0 Å². The van der Waals surface area contributed by atoms with Crippen molar-refractivity contribution in [1.82, 2.24) is 0 Å². The van der Waals surface area contributed by atoms with Crippen molar-refractivity contribution in [3.63, 3.8) is 0 Å². The zero-order chi connectivity index (χ0) is 8.97. The molecule has 0 aliphatic carbocycles. The second-order valence-electron chi connectivity index (χ2n) is 2.71. The first-order valence-corrected chi connectivity index (χ1v) is 4.03. The number of benzene rings is 1. The molecule has 0 aromatic heterocycles. The van der Waals surface area contributed by atoms with E-state index in [0.29, 0.717) is 6.42 Å². The normalized spacial score (nSPS) is 11.5. The Morgan fingerprint density at radius 1 is 1.38 bits per heavy atom. The standard InChI is InChI=1S/C10H12O2.Mg/c1-2-9(10(11)12)8-6-4-3-5-7-8;/h3-7,9H,2H2,1H3,(H,11,12);/q;+2. The number of hydrogen-bond acceptors (Lipinski definition) is 1. The predicted octanol–water partition coefficient (Wildman–Crippen LogP) is 1.88. The maximum atomic E-state index is 10.7. The van der Waals surface area contributed by atoms with Gasteiger partial charge in [0, 0.05) is 0 Å². The van der Waals surface area contributed by atoms with E-state index >= 15 is 0 Å². The fourth-order valence-electron chi connectivity index (χ4n) is 1.24. The number of rotatable bonds is 3. The molecule has 1 aromatic rings. The minimum Gasteiger partial charge on any atom is -0.481 e. The van der Waals surface area contributed by atoms with Gasteiger partial charge < -0.3 is 5.11 Å². The van der Waals surface area contributed by atoms with E-state index in [1.54, 1.807) is 0 Å². The third-order valence-corrected chi connectivity index (χ3v) is 1.91. The minimum atomic E-state index is -0.747. The van der Waals surface area contributed by atoms with Crippen LogP contribution >= 0.6 is 0 Å². The van der Waals surface area contributed by atoms with E-state index in [2.05, 4.69) is 0 Å². The van der Waals surface area contributed by atoms with Crippen molar-refractivity contribution < 1.29 is 9.90 Å². The molecule has 1 atom stereocenters. The zero-order valence-corrected chi connectivity index (χ0v) is 9.15. The van der Waals surface area contributed by atoms with E-state index in [4.69, 9.17) is 5.11 Å². The van der Waals surface area contributed by atoms with Gasteiger partial charge in [0.25, 0.3) is 0 Å². The molecule has 0 aliphatic rings. The summed E-state index contributed by atoms with van der Waals surface area (Å²) in [5.41, 5.74) is 0.882. The van der Waals surface area contributed by atoms with Crippen molar-refractivity contribution in [3.05, 3.63) is 35.9 Å². The van der Waals surface area contributed by atoms with Crippen LogP contribution in [0.15, 0.2) is 30.3 Å². The molecule has 0 amide bonds. The molecule has 1 rings (SSSR count). The smallest absolute Gasteiger partial charge is 0.481 e. The van der Waals surface area contributed by atoms with Gasteiger partial charge in [0.2, 0.25) is 0 Å². The molecule has 0 bridgehead atoms. The second kappa shape index (κ2) is 5.99. The van der Waals surface area contributed by atoms with Crippen LogP contribution in [0.2, 0.25) is 0 Å². The molecule has 0 spiro atoms. The fraction of sp³-hybridized carbons (Fsp3) is 0.300. The van der Waals surface area contributed by atoms with Crippen molar-refractivity contribution in [3.8, 4) is 0 Å². The Kier molecular flexibility index (Phi) is 5.74. The van der Waals surface area contributed by atoms with Gasteiger partial charge in [-0.3, -0.25) is 4.79 Å². The van der Waals surface area contributed by atoms with E-state index in [1.807, 2.05) is 37.3 Å². The van der Waals surface area contributed by atoms with Gasteiger partial charge in [0.15, 0.2) is 0 Å². The van der Waals surface area contributed by atoms with Gasteiger partial charge in [-0.2, -0.15) is 0 Å². The number of hydrogen-bond donors (Lipinski definition) is 1. The second-order valence-corrected chi connectivity index (χ2v) is 2.71. The maximum absolute atomic E-state index is 10.7. The van der Waals surface area contributed by atoms with Gasteiger partial charge in [0.1, 0.15) is 0 Å². The fourth-order valence-corrected chi connectivity index (χ4v) is 1.24. The Bertz CT molecular complexity index is 259. The molecule has 0 saturated carbocycles. The topological polar surface area (TPSA) is 37.3 Å². The van der Waals surface area contributed by atoms with E-state index in [9.17, 15) is 4.79 Å². The molecule has 3 heteroatoms. The van der Waals surface area contributed by atoms with Crippen molar-refractivity contribution in [2.75, 3.05) is 0 Å². The largest absolute Gasteiger partial charge is 2.00 e. The number of aliphatic carboxylic acids is 1. The van der Waals surface area contributed by atoms with Gasteiger partial charge >= 0.3 is 29.0 Å². The van der Waals surface area contributed by atoms with Gasteiger partial charge in [-0.15, -0.1) is 0 Å². The molecule has 1 unspecified atom stereocenters. The Balaban J connectivity index is 0.00000144. The monoisotopic (exact) mass is 188 g/mol. The Labute approximate surface area is 94.1 Å². The Morgan fingerprint density at radius 3 is 2.31 bits per heavy atom. The molecule has 64 valence electrons. The summed E-state index contributed by atoms with van der Waals surface area (Å²) >= 11 is 0. The molecule has 1 aromatic carbocycles. The molecule has 2 nitrogen and oxygen atoms in total. The molecule has 0 fully saturated rings. The van der Waals surface area contributed by atoms with Crippen molar-refractivity contribution in [1.29, 1.82) is 0 Å². The first-order valence-electron chi connectivity index (χ1n) is 4.03. The van der Waals surface area contributed by atoms with E-state index in [1.165, 1.54) is 0 Å². The van der Waals surface area contributed by atoms with E-state index in [0.717, 1.165) is 5.56 Å². The summed E-state index contributed by atoms with van der Waals surface area (Å²) in [6.45, 7) is 1.88. The molecule has 0 saturated heterocycles. The molecular weight excluding hydrogens is 176 g/mol. The first-order chi connectivity index (χ1) is 5.75. The number of carbonyl (C=O) groups is 1. The number of carboxylic acids is 1. The maximum Gasteiger partial charge on any atom is 2.00 e. The van der Waals surface area contributed by atoms with Crippen molar-refractivity contribution in [2.45, 2.75) is 19.3 Å². The summed E-state index contributed by atoms with van der Waals surface area (Å²) in [5.74, 6) is -1.10. The summed E-state index contributed by atoms with van der Waals surface area (Å²) in [6.07, 6.45) is 0.638. The Hall–Kier alpha value is -0.544. The summed E-state index contributed by atoms with van der Waals surface area (Å²) in [7, 11) is 0. The average molecular weight is 189 g/mol. The van der Waals surface area contributed by atoms with Gasteiger partial charge in [0.05, 0.1) is 5.92 Å². The van der Waals surface area contributed by atoms with Crippen LogP contribution in [0.5, 0.6) is 0 Å². The van der Waals surface area contributed by atoms with Gasteiger partial charge in [-0.1, -0.05) is 37.3 Å². The summed E-state index contributed by atoms with van der Waals surface area (Å²) in [5, 5.41) is 8.83. The van der Waals surface area contributed by atoms with Crippen LogP contribution in [0, 0.1) is 0 Å². The van der Waals surface area contributed by atoms with Crippen LogP contribution < -0.4 is 0 Å². The third-order valence-electron chi connectivity index (χ3n) is 1.91. The van der Waals surface area contributed by atoms with Crippen LogP contribution in [0.1, 0.15) is 24.8 Å². The van der Waals surface area contributed by atoms with Crippen LogP contribution in [-0.4, -0.2) is 34.1 Å². The van der Waals surface area contributed by atoms with Crippen LogP contribution in [0.3, 0.4) is 0 Å². The summed E-state index contributed by atoms with van der Waals surface area (Å²) in [4.78, 5) is 10.7. The summed E-state index contributed by atoms with van der Waals surface area (Å²) in [6, 6.07) is 9.31. The zero-order valence-electron chi connectivity index (χ0n) is 7.73. The van der Waals surface area contributed by atoms with E-state index < -0.39 is 5.97 Å². The Morgan fingerprint density at radius 2 is 1.92 bits per heavy atom.